The molecule has 0 atom stereocenters. The Hall–Kier alpha value is -2.39. The number of benzene rings is 1. The van der Waals surface area contributed by atoms with Gasteiger partial charge in [-0.2, -0.15) is 0 Å². The second-order valence-corrected chi connectivity index (χ2v) is 6.37. The molecule has 25 heavy (non-hydrogen) atoms. The zero-order valence-corrected chi connectivity index (χ0v) is 15.9. The van der Waals surface area contributed by atoms with E-state index >= 15 is 0 Å². The minimum atomic E-state index is -0.450. The molecule has 0 bridgehead atoms. The smallest absolute Gasteiger partial charge is 0.273 e. The zero-order chi connectivity index (χ0) is 18.4. The molecule has 2 aromatic rings. The van der Waals surface area contributed by atoms with Crippen molar-refractivity contribution in [2.75, 3.05) is 6.61 Å². The maximum absolute atomic E-state index is 11.9. The summed E-state index contributed by atoms with van der Waals surface area (Å²) in [6.45, 7) is 3.33. The lowest BCUT2D eigenvalue weighted by Gasteiger charge is -2.12. The average molecular weight is 426 g/mol. The van der Waals surface area contributed by atoms with Crippen LogP contribution in [0.15, 0.2) is 39.4 Å². The third-order valence-corrected chi connectivity index (χ3v) is 3.84. The highest BCUT2D eigenvalue weighted by Gasteiger charge is 2.12. The molecule has 0 saturated heterocycles. The van der Waals surface area contributed by atoms with Gasteiger partial charge in [0.25, 0.3) is 11.8 Å². The Morgan fingerprint density at radius 1 is 1.24 bits per heavy atom. The molecule has 0 radical (unpaired) electrons. The third kappa shape index (κ3) is 5.57. The lowest BCUT2D eigenvalue weighted by molar-refractivity contribution is -0.121. The highest BCUT2D eigenvalue weighted by atomic mass is 79.9. The van der Waals surface area contributed by atoms with Gasteiger partial charge < -0.3 is 9.15 Å². The van der Waals surface area contributed by atoms with Crippen LogP contribution in [-0.2, 0) is 4.79 Å². The molecule has 0 fully saturated rings. The van der Waals surface area contributed by atoms with Crippen molar-refractivity contribution in [1.82, 2.24) is 16.2 Å². The summed E-state index contributed by atoms with van der Waals surface area (Å²) >= 11 is 8.30. The molecule has 0 saturated carbocycles. The fourth-order valence-corrected chi connectivity index (χ4v) is 2.55. The Kier molecular flexibility index (Phi) is 6.54. The van der Waals surface area contributed by atoms with Crippen molar-refractivity contribution in [3.05, 3.63) is 51.9 Å². The quantitative estimate of drug-likeness (QED) is 0.514. The SMILES string of the molecule is Cc1cc(Br)ccc1OCC(=O)NC(=S)NNC(=O)c1ccoc1C. The summed E-state index contributed by atoms with van der Waals surface area (Å²) in [5.41, 5.74) is 6.08. The highest BCUT2D eigenvalue weighted by Crippen LogP contribution is 2.21. The second kappa shape index (κ2) is 8.63. The fourth-order valence-electron chi connectivity index (χ4n) is 1.91. The molecule has 0 spiro atoms. The van der Waals surface area contributed by atoms with E-state index in [0.717, 1.165) is 10.0 Å². The lowest BCUT2D eigenvalue weighted by atomic mass is 10.2. The van der Waals surface area contributed by atoms with E-state index in [-0.39, 0.29) is 11.7 Å². The van der Waals surface area contributed by atoms with E-state index in [1.165, 1.54) is 12.3 Å². The van der Waals surface area contributed by atoms with Gasteiger partial charge in [-0.3, -0.25) is 25.8 Å². The second-order valence-electron chi connectivity index (χ2n) is 5.05. The largest absolute Gasteiger partial charge is 0.483 e. The number of aryl methyl sites for hydroxylation is 2. The molecule has 132 valence electrons. The summed E-state index contributed by atoms with van der Waals surface area (Å²) in [6.07, 6.45) is 1.41. The number of hydrogen-bond donors (Lipinski definition) is 3. The van der Waals surface area contributed by atoms with E-state index in [0.29, 0.717) is 17.1 Å². The zero-order valence-electron chi connectivity index (χ0n) is 13.5. The van der Waals surface area contributed by atoms with Crippen LogP contribution in [0.2, 0.25) is 0 Å². The molecule has 9 heteroatoms. The molecule has 2 rings (SSSR count). The summed E-state index contributed by atoms with van der Waals surface area (Å²) in [5.74, 6) is 0.201. The number of hydrazine groups is 1. The molecule has 1 aromatic carbocycles. The molecule has 2 amide bonds. The number of nitrogens with one attached hydrogen (secondary N) is 3. The summed E-state index contributed by atoms with van der Waals surface area (Å²) in [4.78, 5) is 23.7. The van der Waals surface area contributed by atoms with Crippen molar-refractivity contribution < 1.29 is 18.7 Å². The molecule has 3 N–H and O–H groups in total. The van der Waals surface area contributed by atoms with E-state index in [9.17, 15) is 9.59 Å². The number of carbonyl (C=O) groups excluding carboxylic acids is 2. The number of rotatable bonds is 4. The van der Waals surface area contributed by atoms with Crippen molar-refractivity contribution in [1.29, 1.82) is 0 Å². The van der Waals surface area contributed by atoms with E-state index in [1.807, 2.05) is 19.1 Å². The van der Waals surface area contributed by atoms with Crippen molar-refractivity contribution >= 4 is 45.1 Å². The number of amides is 2. The van der Waals surface area contributed by atoms with Gasteiger partial charge in [-0.05, 0) is 55.9 Å². The molecule has 0 unspecified atom stereocenters. The maximum Gasteiger partial charge on any atom is 0.273 e. The van der Waals surface area contributed by atoms with Gasteiger partial charge in [0.05, 0.1) is 11.8 Å². The predicted octanol–water partition coefficient (Wildman–Crippen LogP) is 2.37. The molecule has 1 aromatic heterocycles. The number of halogens is 1. The van der Waals surface area contributed by atoms with Crippen LogP contribution in [0.25, 0.3) is 0 Å². The predicted molar refractivity (Wildman–Crippen MR) is 99.2 cm³/mol. The molecular weight excluding hydrogens is 410 g/mol. The van der Waals surface area contributed by atoms with Crippen LogP contribution in [0.5, 0.6) is 5.75 Å². The van der Waals surface area contributed by atoms with Gasteiger partial charge >= 0.3 is 0 Å². The summed E-state index contributed by atoms with van der Waals surface area (Å²) < 4.78 is 11.4. The van der Waals surface area contributed by atoms with Crippen LogP contribution in [0.3, 0.4) is 0 Å². The molecule has 0 aliphatic carbocycles. The van der Waals surface area contributed by atoms with Gasteiger partial charge in [0.1, 0.15) is 11.5 Å². The van der Waals surface area contributed by atoms with Crippen LogP contribution in [0.4, 0.5) is 0 Å². The van der Waals surface area contributed by atoms with E-state index in [4.69, 9.17) is 21.4 Å². The van der Waals surface area contributed by atoms with E-state index in [2.05, 4.69) is 32.1 Å². The number of carbonyl (C=O) groups is 2. The van der Waals surface area contributed by atoms with Gasteiger partial charge in [-0.15, -0.1) is 0 Å². The molecule has 0 aliphatic rings. The Bertz CT molecular complexity index is 806. The minimum absolute atomic E-state index is 0.0457. The van der Waals surface area contributed by atoms with E-state index < -0.39 is 11.8 Å². The van der Waals surface area contributed by atoms with Crippen LogP contribution < -0.4 is 20.9 Å². The van der Waals surface area contributed by atoms with Crippen LogP contribution in [-0.4, -0.2) is 23.5 Å². The first-order valence-corrected chi connectivity index (χ1v) is 8.40. The van der Waals surface area contributed by atoms with Crippen molar-refractivity contribution in [2.24, 2.45) is 0 Å². The van der Waals surface area contributed by atoms with Crippen molar-refractivity contribution in [2.45, 2.75) is 13.8 Å². The monoisotopic (exact) mass is 425 g/mol. The standard InChI is InChI=1S/C16H16BrN3O4S/c1-9-7-11(17)3-4-13(9)24-8-14(21)18-16(25)20-19-15(22)12-5-6-23-10(12)2/h3-7H,8H2,1-2H3,(H,19,22)(H2,18,20,21,25). The van der Waals surface area contributed by atoms with Gasteiger partial charge in [-0.25, -0.2) is 0 Å². The maximum atomic E-state index is 11.9. The third-order valence-electron chi connectivity index (χ3n) is 3.14. The highest BCUT2D eigenvalue weighted by molar-refractivity contribution is 9.10. The van der Waals surface area contributed by atoms with Crippen LogP contribution >= 0.6 is 28.1 Å². The summed E-state index contributed by atoms with van der Waals surface area (Å²) in [7, 11) is 0. The van der Waals surface area contributed by atoms with E-state index in [1.54, 1.807) is 13.0 Å². The fraction of sp³-hybridized carbons (Fsp3) is 0.188. The molecular formula is C16H16BrN3O4S. The first-order valence-electron chi connectivity index (χ1n) is 7.20. The normalized spacial score (nSPS) is 10.0. The number of ether oxygens (including phenoxy) is 1. The Morgan fingerprint density at radius 3 is 2.64 bits per heavy atom. The van der Waals surface area contributed by atoms with Crippen molar-refractivity contribution in [3.8, 4) is 5.75 Å². The van der Waals surface area contributed by atoms with Crippen molar-refractivity contribution in [3.63, 3.8) is 0 Å². The van der Waals surface area contributed by atoms with Gasteiger partial charge in [0, 0.05) is 4.47 Å². The minimum Gasteiger partial charge on any atom is -0.483 e. The first-order chi connectivity index (χ1) is 11.9. The Labute approximate surface area is 158 Å². The topological polar surface area (TPSA) is 92.6 Å². The summed E-state index contributed by atoms with van der Waals surface area (Å²) in [5, 5.41) is 2.36. The van der Waals surface area contributed by atoms with Gasteiger partial charge in [0.2, 0.25) is 0 Å². The Balaban J connectivity index is 1.75. The summed E-state index contributed by atoms with van der Waals surface area (Å²) in [6, 6.07) is 6.99. The van der Waals surface area contributed by atoms with Gasteiger partial charge in [-0.1, -0.05) is 15.9 Å². The van der Waals surface area contributed by atoms with Crippen LogP contribution in [0, 0.1) is 13.8 Å². The average Bonchev–Trinajstić information content (AvgIpc) is 2.98. The van der Waals surface area contributed by atoms with Crippen LogP contribution in [0.1, 0.15) is 21.7 Å². The molecule has 1 heterocycles. The Morgan fingerprint density at radius 2 is 2.00 bits per heavy atom. The molecule has 7 nitrogen and oxygen atoms in total. The number of furan rings is 1. The number of hydrogen-bond acceptors (Lipinski definition) is 5. The van der Waals surface area contributed by atoms with Gasteiger partial charge in [0.15, 0.2) is 11.7 Å². The molecule has 0 aliphatic heterocycles. The number of thiocarbonyl (C=S) groups is 1. The first kappa shape index (κ1) is 18.9. The lowest BCUT2D eigenvalue weighted by Crippen LogP contribution is -2.49.